The Bertz CT molecular complexity index is 141. The van der Waals surface area contributed by atoms with Crippen LogP contribution in [0.4, 0.5) is 0 Å². The Morgan fingerprint density at radius 1 is 0.889 bits per heavy atom. The number of halogens is 1. The van der Waals surface area contributed by atoms with Crippen LogP contribution >= 0.6 is 11.6 Å². The van der Waals surface area contributed by atoms with Crippen LogP contribution in [0, 0.1) is 0 Å². The molecule has 0 atom stereocenters. The molecule has 0 fully saturated rings. The van der Waals surface area contributed by atoms with E-state index in [2.05, 4.69) is 6.92 Å². The normalized spacial score (nSPS) is 9.06. The number of carboxylic acid groups (broad SMARTS) is 1. The Balaban J connectivity index is -0.000000392. The van der Waals surface area contributed by atoms with Gasteiger partial charge in [0.1, 0.15) is 0 Å². The minimum Gasteiger partial charge on any atom is -0.550 e. The van der Waals surface area contributed by atoms with E-state index in [4.69, 9.17) is 21.5 Å². The predicted molar refractivity (Wildman–Crippen MR) is 73.2 cm³/mol. The first-order valence-corrected chi connectivity index (χ1v) is 7.42. The number of unbranched alkanes of at least 4 members (excludes halogenated alkanes) is 9. The van der Waals surface area contributed by atoms with Crippen molar-refractivity contribution in [1.29, 1.82) is 0 Å². The first kappa shape index (κ1) is 23.8. The largest absolute Gasteiger partial charge is 1.00 e. The molecule has 0 spiro atoms. The Kier molecular flexibility index (Phi) is 30.3. The van der Waals surface area contributed by atoms with Gasteiger partial charge in [-0.05, 0) is 13.3 Å². The fraction of sp³-hybridized carbons (Fsp3) is 0.929. The maximum atomic E-state index is 8.89. The van der Waals surface area contributed by atoms with Crippen LogP contribution in [0.15, 0.2) is 0 Å². The molecular formula is C14H28ClNaO2. The number of carboxylic acids is 1. The summed E-state index contributed by atoms with van der Waals surface area (Å²) in [6, 6.07) is 0. The molecule has 104 valence electrons. The summed E-state index contributed by atoms with van der Waals surface area (Å²) >= 11 is 5.60. The van der Waals surface area contributed by atoms with E-state index in [1.54, 1.807) is 0 Å². The standard InChI is InChI=1S/C12H25Cl.C2H4O2.Na/c1-2-3-4-5-6-7-8-9-10-11-12-13;1-2(3)4;/h2-12H2,1H3;1H3,(H,3,4);/q;;+1/p-1. The second-order valence-electron chi connectivity index (χ2n) is 4.36. The summed E-state index contributed by atoms with van der Waals surface area (Å²) < 4.78 is 0. The molecule has 0 N–H and O–H groups in total. The zero-order valence-electron chi connectivity index (χ0n) is 12.5. The third-order valence-electron chi connectivity index (χ3n) is 2.49. The van der Waals surface area contributed by atoms with Gasteiger partial charge >= 0.3 is 29.6 Å². The predicted octanol–water partition coefficient (Wildman–Crippen LogP) is 0.906. The second kappa shape index (κ2) is 22.9. The maximum Gasteiger partial charge on any atom is 1.00 e. The Morgan fingerprint density at radius 3 is 1.44 bits per heavy atom. The van der Waals surface area contributed by atoms with Crippen LogP contribution in [0.2, 0.25) is 0 Å². The van der Waals surface area contributed by atoms with Gasteiger partial charge in [-0.3, -0.25) is 0 Å². The smallest absolute Gasteiger partial charge is 0.550 e. The summed E-state index contributed by atoms with van der Waals surface area (Å²) in [4.78, 5) is 8.89. The SMILES string of the molecule is CC(=O)[O-].CCCCCCCCCCCCCl.[Na+]. The van der Waals surface area contributed by atoms with Crippen LogP contribution in [-0.2, 0) is 4.79 Å². The topological polar surface area (TPSA) is 40.1 Å². The molecule has 0 saturated carbocycles. The van der Waals surface area contributed by atoms with E-state index >= 15 is 0 Å². The monoisotopic (exact) mass is 286 g/mol. The first-order valence-electron chi connectivity index (χ1n) is 6.88. The van der Waals surface area contributed by atoms with Crippen molar-refractivity contribution in [2.45, 2.75) is 78.1 Å². The van der Waals surface area contributed by atoms with Crippen LogP contribution < -0.4 is 34.7 Å². The van der Waals surface area contributed by atoms with Crippen molar-refractivity contribution < 1.29 is 39.5 Å². The van der Waals surface area contributed by atoms with E-state index in [1.807, 2.05) is 0 Å². The molecule has 0 aromatic heterocycles. The van der Waals surface area contributed by atoms with E-state index in [9.17, 15) is 0 Å². The fourth-order valence-corrected chi connectivity index (χ4v) is 1.77. The quantitative estimate of drug-likeness (QED) is 0.340. The van der Waals surface area contributed by atoms with Crippen LogP contribution in [0.25, 0.3) is 0 Å². The molecule has 0 rings (SSSR count). The Hall–Kier alpha value is 0.760. The van der Waals surface area contributed by atoms with Gasteiger partial charge in [-0.15, -0.1) is 11.6 Å². The van der Waals surface area contributed by atoms with Crippen molar-refractivity contribution in [3.8, 4) is 0 Å². The number of hydrogen-bond acceptors (Lipinski definition) is 2. The van der Waals surface area contributed by atoms with Crippen molar-refractivity contribution in [3.05, 3.63) is 0 Å². The molecule has 0 aliphatic carbocycles. The maximum absolute atomic E-state index is 8.89. The van der Waals surface area contributed by atoms with Crippen molar-refractivity contribution in [1.82, 2.24) is 0 Å². The molecule has 0 aliphatic heterocycles. The Labute approximate surface area is 140 Å². The van der Waals surface area contributed by atoms with Gasteiger partial charge in [0.25, 0.3) is 0 Å². The zero-order chi connectivity index (χ0) is 13.4. The van der Waals surface area contributed by atoms with Gasteiger partial charge in [0.05, 0.1) is 0 Å². The van der Waals surface area contributed by atoms with Crippen LogP contribution in [-0.4, -0.2) is 11.8 Å². The van der Waals surface area contributed by atoms with Gasteiger partial charge in [0.15, 0.2) is 0 Å². The molecule has 0 aliphatic rings. The number of alkyl halides is 1. The van der Waals surface area contributed by atoms with E-state index in [0.717, 1.165) is 12.8 Å². The summed E-state index contributed by atoms with van der Waals surface area (Å²) in [6.07, 6.45) is 13.9. The van der Waals surface area contributed by atoms with Crippen molar-refractivity contribution in [2.24, 2.45) is 0 Å². The molecule has 4 heteroatoms. The molecule has 0 amide bonds. The van der Waals surface area contributed by atoms with E-state index in [-0.39, 0.29) is 29.6 Å². The van der Waals surface area contributed by atoms with Crippen LogP contribution in [0.5, 0.6) is 0 Å². The van der Waals surface area contributed by atoms with Gasteiger partial charge in [-0.1, -0.05) is 64.7 Å². The third-order valence-corrected chi connectivity index (χ3v) is 2.75. The second-order valence-corrected chi connectivity index (χ2v) is 4.74. The number of carbonyl (C=O) groups excluding carboxylic acids is 1. The minimum atomic E-state index is -1.08. The van der Waals surface area contributed by atoms with Crippen molar-refractivity contribution in [2.75, 3.05) is 5.88 Å². The molecule has 0 saturated heterocycles. The summed E-state index contributed by atoms with van der Waals surface area (Å²) in [5.41, 5.74) is 0. The molecule has 0 aromatic rings. The minimum absolute atomic E-state index is 0. The van der Waals surface area contributed by atoms with Gasteiger partial charge in [-0.25, -0.2) is 0 Å². The summed E-state index contributed by atoms with van der Waals surface area (Å²) in [6.45, 7) is 3.24. The zero-order valence-corrected chi connectivity index (χ0v) is 15.2. The van der Waals surface area contributed by atoms with Gasteiger partial charge < -0.3 is 9.90 Å². The number of rotatable bonds is 10. The molecule has 18 heavy (non-hydrogen) atoms. The molecule has 0 bridgehead atoms. The molecule has 0 heterocycles. The first-order chi connectivity index (χ1) is 8.15. The number of aliphatic carboxylic acids is 1. The fourth-order valence-electron chi connectivity index (χ4n) is 1.58. The summed E-state index contributed by atoms with van der Waals surface area (Å²) in [5.74, 6) is -0.240. The molecule has 0 radical (unpaired) electrons. The molecule has 0 aromatic carbocycles. The van der Waals surface area contributed by atoms with E-state index < -0.39 is 5.97 Å². The summed E-state index contributed by atoms with van der Waals surface area (Å²) in [5, 5.41) is 8.89. The number of hydrogen-bond donors (Lipinski definition) is 0. The third kappa shape index (κ3) is 36.0. The molecule has 2 nitrogen and oxygen atoms in total. The van der Waals surface area contributed by atoms with Crippen LogP contribution in [0.3, 0.4) is 0 Å². The average molecular weight is 287 g/mol. The van der Waals surface area contributed by atoms with E-state index in [0.29, 0.717) is 0 Å². The van der Waals surface area contributed by atoms with Gasteiger partial charge in [0, 0.05) is 11.8 Å². The van der Waals surface area contributed by atoms with Crippen molar-refractivity contribution in [3.63, 3.8) is 0 Å². The van der Waals surface area contributed by atoms with Crippen LogP contribution in [0.1, 0.15) is 78.1 Å². The van der Waals surface area contributed by atoms with Crippen molar-refractivity contribution >= 4 is 17.6 Å². The number of carbonyl (C=O) groups is 1. The van der Waals surface area contributed by atoms with E-state index in [1.165, 1.54) is 64.2 Å². The Morgan fingerprint density at radius 2 is 1.17 bits per heavy atom. The van der Waals surface area contributed by atoms with Gasteiger partial charge in [-0.2, -0.15) is 0 Å². The molecule has 0 unspecified atom stereocenters. The molecular weight excluding hydrogens is 259 g/mol. The summed E-state index contributed by atoms with van der Waals surface area (Å²) in [7, 11) is 0. The van der Waals surface area contributed by atoms with Gasteiger partial charge in [0.2, 0.25) is 0 Å². The average Bonchev–Trinajstić information content (AvgIpc) is 2.26.